The number of aryl methyl sites for hydroxylation is 1. The van der Waals surface area contributed by atoms with Crippen molar-refractivity contribution in [1.29, 1.82) is 0 Å². The summed E-state index contributed by atoms with van der Waals surface area (Å²) >= 11 is 0. The van der Waals surface area contributed by atoms with Gasteiger partial charge in [0.1, 0.15) is 5.75 Å². The van der Waals surface area contributed by atoms with Crippen molar-refractivity contribution in [2.75, 3.05) is 0 Å². The van der Waals surface area contributed by atoms with E-state index in [0.717, 1.165) is 22.4 Å². The second-order valence-electron chi connectivity index (χ2n) is 4.04. The molecule has 0 aliphatic rings. The molecular weight excluding hydrogens is 210 g/mol. The van der Waals surface area contributed by atoms with Crippen LogP contribution in [0.15, 0.2) is 47.5 Å². The summed E-state index contributed by atoms with van der Waals surface area (Å²) in [6.07, 6.45) is 1.69. The van der Waals surface area contributed by atoms with Gasteiger partial charge in [0.05, 0.1) is 5.69 Å². The summed E-state index contributed by atoms with van der Waals surface area (Å²) < 4.78 is 0. The fraction of sp³-hybridized carbons (Fsp3) is 0.133. The summed E-state index contributed by atoms with van der Waals surface area (Å²) in [6.45, 7) is 3.89. The molecule has 2 rings (SSSR count). The topological polar surface area (TPSA) is 32.6 Å². The number of phenols is 1. The van der Waals surface area contributed by atoms with Gasteiger partial charge in [0, 0.05) is 11.8 Å². The van der Waals surface area contributed by atoms with Crippen LogP contribution in [0.2, 0.25) is 0 Å². The number of rotatable bonds is 2. The minimum absolute atomic E-state index is 0.310. The minimum atomic E-state index is 0.310. The van der Waals surface area contributed by atoms with Gasteiger partial charge in [0.2, 0.25) is 0 Å². The Kier molecular flexibility index (Phi) is 3.24. The third-order valence-electron chi connectivity index (χ3n) is 2.84. The maximum absolute atomic E-state index is 9.97. The van der Waals surface area contributed by atoms with Crippen LogP contribution in [0.5, 0.6) is 5.75 Å². The number of aromatic hydroxyl groups is 1. The SMILES string of the molecule is Cc1ccc(C=Nc2ccccc2)c(O)c1C. The number of hydrogen-bond acceptors (Lipinski definition) is 2. The van der Waals surface area contributed by atoms with Crippen LogP contribution in [-0.2, 0) is 0 Å². The molecule has 0 aliphatic heterocycles. The quantitative estimate of drug-likeness (QED) is 0.775. The van der Waals surface area contributed by atoms with E-state index in [4.69, 9.17) is 0 Å². The normalized spacial score (nSPS) is 10.9. The Balaban J connectivity index is 2.31. The number of phenolic OH excluding ortho intramolecular Hbond substituents is 1. The van der Waals surface area contributed by atoms with Crippen molar-refractivity contribution in [3.63, 3.8) is 0 Å². The first-order valence-corrected chi connectivity index (χ1v) is 5.57. The zero-order chi connectivity index (χ0) is 12.3. The standard InChI is InChI=1S/C15H15NO/c1-11-8-9-13(15(17)12(11)2)10-16-14-6-4-3-5-7-14/h3-10,17H,1-2H3. The van der Waals surface area contributed by atoms with Gasteiger partial charge < -0.3 is 5.11 Å². The van der Waals surface area contributed by atoms with Crippen LogP contribution in [0.25, 0.3) is 0 Å². The molecule has 0 unspecified atom stereocenters. The van der Waals surface area contributed by atoms with Crippen molar-refractivity contribution in [3.8, 4) is 5.75 Å². The highest BCUT2D eigenvalue weighted by Gasteiger charge is 2.03. The van der Waals surface area contributed by atoms with Crippen LogP contribution in [0.4, 0.5) is 5.69 Å². The predicted octanol–water partition coefficient (Wildman–Crippen LogP) is 3.76. The zero-order valence-electron chi connectivity index (χ0n) is 10.0. The van der Waals surface area contributed by atoms with Gasteiger partial charge in [-0.3, -0.25) is 4.99 Å². The molecule has 0 aliphatic carbocycles. The smallest absolute Gasteiger partial charge is 0.127 e. The first-order valence-electron chi connectivity index (χ1n) is 5.57. The number of nitrogens with zero attached hydrogens (tertiary/aromatic N) is 1. The van der Waals surface area contributed by atoms with Gasteiger partial charge in [-0.25, -0.2) is 0 Å². The largest absolute Gasteiger partial charge is 0.507 e. The van der Waals surface area contributed by atoms with Crippen LogP contribution < -0.4 is 0 Å². The van der Waals surface area contributed by atoms with Crippen molar-refractivity contribution < 1.29 is 5.11 Å². The average Bonchev–Trinajstić information content (AvgIpc) is 2.36. The predicted molar refractivity (Wildman–Crippen MR) is 71.3 cm³/mol. The fourth-order valence-electron chi connectivity index (χ4n) is 1.58. The monoisotopic (exact) mass is 225 g/mol. The molecule has 2 nitrogen and oxygen atoms in total. The maximum Gasteiger partial charge on any atom is 0.127 e. The number of hydrogen-bond donors (Lipinski definition) is 1. The Morgan fingerprint density at radius 2 is 1.71 bits per heavy atom. The first kappa shape index (κ1) is 11.4. The molecule has 0 saturated heterocycles. The lowest BCUT2D eigenvalue weighted by atomic mass is 10.1. The van der Waals surface area contributed by atoms with Gasteiger partial charge in [0.25, 0.3) is 0 Å². The van der Waals surface area contributed by atoms with Crippen molar-refractivity contribution in [2.45, 2.75) is 13.8 Å². The zero-order valence-corrected chi connectivity index (χ0v) is 10.0. The third kappa shape index (κ3) is 2.53. The van der Waals surface area contributed by atoms with E-state index in [0.29, 0.717) is 5.75 Å². The van der Waals surface area contributed by atoms with Crippen molar-refractivity contribution >= 4 is 11.9 Å². The number of para-hydroxylation sites is 1. The third-order valence-corrected chi connectivity index (χ3v) is 2.84. The Hall–Kier alpha value is -2.09. The van der Waals surface area contributed by atoms with Crippen LogP contribution in [0, 0.1) is 13.8 Å². The number of benzene rings is 2. The highest BCUT2D eigenvalue weighted by Crippen LogP contribution is 2.24. The van der Waals surface area contributed by atoms with Crippen LogP contribution in [0.1, 0.15) is 16.7 Å². The maximum atomic E-state index is 9.97. The van der Waals surface area contributed by atoms with Crippen LogP contribution >= 0.6 is 0 Å². The summed E-state index contributed by atoms with van der Waals surface area (Å²) in [5.74, 6) is 0.310. The molecule has 0 radical (unpaired) electrons. The van der Waals surface area contributed by atoms with E-state index in [2.05, 4.69) is 4.99 Å². The van der Waals surface area contributed by atoms with E-state index in [9.17, 15) is 5.11 Å². The summed E-state index contributed by atoms with van der Waals surface area (Å²) in [5, 5.41) is 9.97. The molecule has 0 spiro atoms. The Bertz CT molecular complexity index is 544. The lowest BCUT2D eigenvalue weighted by Gasteiger charge is -2.05. The fourth-order valence-corrected chi connectivity index (χ4v) is 1.58. The minimum Gasteiger partial charge on any atom is -0.507 e. The summed E-state index contributed by atoms with van der Waals surface area (Å²) in [5.41, 5.74) is 3.61. The molecule has 17 heavy (non-hydrogen) atoms. The van der Waals surface area contributed by atoms with E-state index in [1.54, 1.807) is 6.21 Å². The summed E-state index contributed by atoms with van der Waals surface area (Å²) in [7, 11) is 0. The van der Waals surface area contributed by atoms with Crippen LogP contribution in [0.3, 0.4) is 0 Å². The molecule has 0 aromatic heterocycles. The molecule has 2 heteroatoms. The first-order chi connectivity index (χ1) is 8.18. The summed E-state index contributed by atoms with van der Waals surface area (Å²) in [6, 6.07) is 13.5. The Morgan fingerprint density at radius 3 is 2.41 bits per heavy atom. The second-order valence-corrected chi connectivity index (χ2v) is 4.04. The molecule has 2 aromatic rings. The molecule has 0 amide bonds. The van der Waals surface area contributed by atoms with E-state index in [-0.39, 0.29) is 0 Å². The average molecular weight is 225 g/mol. The Morgan fingerprint density at radius 1 is 1.00 bits per heavy atom. The van der Waals surface area contributed by atoms with Gasteiger partial charge in [0.15, 0.2) is 0 Å². The molecule has 0 fully saturated rings. The lowest BCUT2D eigenvalue weighted by molar-refractivity contribution is 0.469. The van der Waals surface area contributed by atoms with Crippen molar-refractivity contribution in [1.82, 2.24) is 0 Å². The van der Waals surface area contributed by atoms with E-state index in [1.165, 1.54) is 0 Å². The highest BCUT2D eigenvalue weighted by atomic mass is 16.3. The Labute approximate surface area is 101 Å². The van der Waals surface area contributed by atoms with E-state index < -0.39 is 0 Å². The van der Waals surface area contributed by atoms with Gasteiger partial charge in [-0.05, 0) is 43.2 Å². The lowest BCUT2D eigenvalue weighted by Crippen LogP contribution is -1.88. The highest BCUT2D eigenvalue weighted by molar-refractivity contribution is 5.86. The molecule has 0 bridgehead atoms. The molecular formula is C15H15NO. The van der Waals surface area contributed by atoms with Gasteiger partial charge in [-0.15, -0.1) is 0 Å². The van der Waals surface area contributed by atoms with Gasteiger partial charge in [-0.2, -0.15) is 0 Å². The van der Waals surface area contributed by atoms with Crippen LogP contribution in [-0.4, -0.2) is 11.3 Å². The van der Waals surface area contributed by atoms with Crippen molar-refractivity contribution in [3.05, 3.63) is 59.2 Å². The van der Waals surface area contributed by atoms with Crippen molar-refractivity contribution in [2.24, 2.45) is 4.99 Å². The molecule has 0 atom stereocenters. The van der Waals surface area contributed by atoms with Gasteiger partial charge in [-0.1, -0.05) is 24.3 Å². The summed E-state index contributed by atoms with van der Waals surface area (Å²) in [4.78, 5) is 4.32. The second kappa shape index (κ2) is 4.83. The number of aliphatic imine (C=N–C) groups is 1. The molecule has 0 saturated carbocycles. The van der Waals surface area contributed by atoms with Gasteiger partial charge >= 0.3 is 0 Å². The van der Waals surface area contributed by atoms with E-state index >= 15 is 0 Å². The molecule has 2 aromatic carbocycles. The molecule has 86 valence electrons. The molecule has 0 heterocycles. The van der Waals surface area contributed by atoms with E-state index in [1.807, 2.05) is 56.3 Å². The molecule has 1 N–H and O–H groups in total.